The van der Waals surface area contributed by atoms with Crippen LogP contribution in [0.3, 0.4) is 0 Å². The SMILES string of the molecule is Oc1cc(Cl)cc2c1oc1ccccc12. The molecule has 0 fully saturated rings. The van der Waals surface area contributed by atoms with Crippen molar-refractivity contribution in [3.8, 4) is 5.75 Å². The molecule has 0 radical (unpaired) electrons. The van der Waals surface area contributed by atoms with Crippen molar-refractivity contribution < 1.29 is 9.52 Å². The summed E-state index contributed by atoms with van der Waals surface area (Å²) in [5.41, 5.74) is 1.24. The van der Waals surface area contributed by atoms with Gasteiger partial charge in [0.1, 0.15) is 5.58 Å². The molecular weight excluding hydrogens is 212 g/mol. The highest BCUT2D eigenvalue weighted by molar-refractivity contribution is 6.32. The van der Waals surface area contributed by atoms with Crippen LogP contribution in [0.25, 0.3) is 21.9 Å². The predicted octanol–water partition coefficient (Wildman–Crippen LogP) is 3.95. The smallest absolute Gasteiger partial charge is 0.177 e. The van der Waals surface area contributed by atoms with Gasteiger partial charge in [-0.2, -0.15) is 0 Å². The average Bonchev–Trinajstić information content (AvgIpc) is 2.57. The summed E-state index contributed by atoms with van der Waals surface area (Å²) in [5, 5.41) is 12.0. The molecule has 0 saturated carbocycles. The maximum Gasteiger partial charge on any atom is 0.177 e. The number of hydrogen-bond acceptors (Lipinski definition) is 2. The number of fused-ring (bicyclic) bond motifs is 3. The summed E-state index contributed by atoms with van der Waals surface area (Å²) in [6.45, 7) is 0. The summed E-state index contributed by atoms with van der Waals surface area (Å²) >= 11 is 5.88. The van der Waals surface area contributed by atoms with Crippen molar-refractivity contribution in [3.05, 3.63) is 41.4 Å². The van der Waals surface area contributed by atoms with E-state index >= 15 is 0 Å². The zero-order valence-electron chi connectivity index (χ0n) is 7.70. The number of para-hydroxylation sites is 1. The quantitative estimate of drug-likeness (QED) is 0.620. The summed E-state index contributed by atoms with van der Waals surface area (Å²) in [6.07, 6.45) is 0. The first-order valence-electron chi connectivity index (χ1n) is 4.55. The predicted molar refractivity (Wildman–Crippen MR) is 60.4 cm³/mol. The zero-order chi connectivity index (χ0) is 10.4. The lowest BCUT2D eigenvalue weighted by Crippen LogP contribution is -1.69. The van der Waals surface area contributed by atoms with Crippen LogP contribution in [0.2, 0.25) is 5.02 Å². The van der Waals surface area contributed by atoms with Crippen LogP contribution in [-0.2, 0) is 0 Å². The van der Waals surface area contributed by atoms with Crippen molar-refractivity contribution in [2.75, 3.05) is 0 Å². The monoisotopic (exact) mass is 218 g/mol. The fourth-order valence-corrected chi connectivity index (χ4v) is 1.99. The first-order valence-corrected chi connectivity index (χ1v) is 4.93. The number of benzene rings is 2. The Hall–Kier alpha value is -1.67. The van der Waals surface area contributed by atoms with Crippen molar-refractivity contribution in [2.24, 2.45) is 0 Å². The van der Waals surface area contributed by atoms with Gasteiger partial charge in [-0.05, 0) is 12.1 Å². The van der Waals surface area contributed by atoms with E-state index in [2.05, 4.69) is 0 Å². The molecule has 3 rings (SSSR count). The second-order valence-electron chi connectivity index (χ2n) is 3.40. The van der Waals surface area contributed by atoms with E-state index in [0.717, 1.165) is 16.4 Å². The molecule has 0 atom stereocenters. The van der Waals surface area contributed by atoms with E-state index in [4.69, 9.17) is 16.0 Å². The Morgan fingerprint density at radius 1 is 1.07 bits per heavy atom. The van der Waals surface area contributed by atoms with Crippen LogP contribution in [-0.4, -0.2) is 5.11 Å². The molecule has 0 unspecified atom stereocenters. The topological polar surface area (TPSA) is 33.4 Å². The van der Waals surface area contributed by atoms with Crippen LogP contribution in [0.15, 0.2) is 40.8 Å². The molecule has 0 spiro atoms. The molecule has 2 aromatic carbocycles. The van der Waals surface area contributed by atoms with Gasteiger partial charge in [-0.15, -0.1) is 0 Å². The Kier molecular flexibility index (Phi) is 1.67. The molecule has 3 aromatic rings. The van der Waals surface area contributed by atoms with Gasteiger partial charge in [-0.3, -0.25) is 0 Å². The van der Waals surface area contributed by atoms with E-state index in [1.807, 2.05) is 24.3 Å². The van der Waals surface area contributed by atoms with Gasteiger partial charge in [-0.25, -0.2) is 0 Å². The summed E-state index contributed by atoms with van der Waals surface area (Å²) in [6, 6.07) is 10.9. The van der Waals surface area contributed by atoms with Gasteiger partial charge >= 0.3 is 0 Å². The van der Waals surface area contributed by atoms with E-state index in [9.17, 15) is 5.11 Å². The van der Waals surface area contributed by atoms with E-state index in [-0.39, 0.29) is 5.75 Å². The van der Waals surface area contributed by atoms with Crippen LogP contribution in [0.1, 0.15) is 0 Å². The van der Waals surface area contributed by atoms with Crippen molar-refractivity contribution in [1.82, 2.24) is 0 Å². The maximum absolute atomic E-state index is 9.67. The Morgan fingerprint density at radius 3 is 2.73 bits per heavy atom. The Bertz CT molecular complexity index is 655. The number of phenolic OH excluding ortho intramolecular Hbond substituents is 1. The molecule has 0 aliphatic heterocycles. The van der Waals surface area contributed by atoms with Crippen molar-refractivity contribution in [1.29, 1.82) is 0 Å². The number of hydrogen-bond donors (Lipinski definition) is 1. The third-order valence-electron chi connectivity index (χ3n) is 2.42. The molecule has 0 bridgehead atoms. The summed E-state index contributed by atoms with van der Waals surface area (Å²) in [5.74, 6) is 0.0775. The third kappa shape index (κ3) is 1.18. The highest BCUT2D eigenvalue weighted by Gasteiger charge is 2.10. The van der Waals surface area contributed by atoms with Crippen LogP contribution in [0.5, 0.6) is 5.75 Å². The molecule has 0 aliphatic carbocycles. The Morgan fingerprint density at radius 2 is 1.87 bits per heavy atom. The lowest BCUT2D eigenvalue weighted by molar-refractivity contribution is 0.469. The molecule has 1 N–H and O–H groups in total. The minimum atomic E-state index is 0.0775. The minimum absolute atomic E-state index is 0.0775. The molecular formula is C12H7ClO2. The molecule has 15 heavy (non-hydrogen) atoms. The summed E-state index contributed by atoms with van der Waals surface area (Å²) < 4.78 is 5.53. The number of halogens is 1. The molecule has 3 heteroatoms. The molecule has 0 saturated heterocycles. The van der Waals surface area contributed by atoms with Crippen LogP contribution < -0.4 is 0 Å². The van der Waals surface area contributed by atoms with Crippen LogP contribution in [0.4, 0.5) is 0 Å². The van der Waals surface area contributed by atoms with E-state index in [1.165, 1.54) is 6.07 Å². The second-order valence-corrected chi connectivity index (χ2v) is 3.84. The molecule has 2 nitrogen and oxygen atoms in total. The van der Waals surface area contributed by atoms with Crippen LogP contribution >= 0.6 is 11.6 Å². The lowest BCUT2D eigenvalue weighted by Gasteiger charge is -1.94. The fraction of sp³-hybridized carbons (Fsp3) is 0. The summed E-state index contributed by atoms with van der Waals surface area (Å²) in [4.78, 5) is 0. The van der Waals surface area contributed by atoms with Crippen molar-refractivity contribution in [3.63, 3.8) is 0 Å². The Balaban J connectivity index is 2.61. The number of rotatable bonds is 0. The highest BCUT2D eigenvalue weighted by Crippen LogP contribution is 2.36. The van der Waals surface area contributed by atoms with Gasteiger partial charge < -0.3 is 9.52 Å². The van der Waals surface area contributed by atoms with Gasteiger partial charge in [0.15, 0.2) is 11.3 Å². The highest BCUT2D eigenvalue weighted by atomic mass is 35.5. The van der Waals surface area contributed by atoms with E-state index < -0.39 is 0 Å². The molecule has 0 aliphatic rings. The van der Waals surface area contributed by atoms with E-state index in [1.54, 1.807) is 6.07 Å². The van der Waals surface area contributed by atoms with Crippen molar-refractivity contribution in [2.45, 2.75) is 0 Å². The van der Waals surface area contributed by atoms with Crippen LogP contribution in [0, 0.1) is 0 Å². The summed E-state index contributed by atoms with van der Waals surface area (Å²) in [7, 11) is 0. The number of furan rings is 1. The van der Waals surface area contributed by atoms with E-state index in [0.29, 0.717) is 10.6 Å². The zero-order valence-corrected chi connectivity index (χ0v) is 8.45. The molecule has 74 valence electrons. The molecule has 0 amide bonds. The molecule has 1 aromatic heterocycles. The standard InChI is InChI=1S/C12H7ClO2/c13-7-5-9-8-3-1-2-4-11(8)15-12(9)10(14)6-7/h1-6,14H. The van der Waals surface area contributed by atoms with Gasteiger partial charge in [0, 0.05) is 21.9 Å². The van der Waals surface area contributed by atoms with Crippen molar-refractivity contribution >= 4 is 33.5 Å². The largest absolute Gasteiger partial charge is 0.504 e. The second kappa shape index (κ2) is 2.91. The number of phenols is 1. The first-order chi connectivity index (χ1) is 7.25. The van der Waals surface area contributed by atoms with Gasteiger partial charge in [0.05, 0.1) is 0 Å². The van der Waals surface area contributed by atoms with Gasteiger partial charge in [0.25, 0.3) is 0 Å². The normalized spacial score (nSPS) is 11.3. The minimum Gasteiger partial charge on any atom is -0.504 e. The number of aromatic hydroxyl groups is 1. The first kappa shape index (κ1) is 8.62. The van der Waals surface area contributed by atoms with Gasteiger partial charge in [0.2, 0.25) is 0 Å². The average molecular weight is 219 g/mol. The Labute approximate surface area is 90.7 Å². The lowest BCUT2D eigenvalue weighted by atomic mass is 10.1. The molecule has 1 heterocycles. The van der Waals surface area contributed by atoms with Gasteiger partial charge in [-0.1, -0.05) is 29.8 Å². The fourth-order valence-electron chi connectivity index (χ4n) is 1.77. The maximum atomic E-state index is 9.67. The third-order valence-corrected chi connectivity index (χ3v) is 2.64.